The molecule has 0 heterocycles. The van der Waals surface area contributed by atoms with Crippen LogP contribution in [0.15, 0.2) is 41.6 Å². The van der Waals surface area contributed by atoms with Gasteiger partial charge in [-0.15, -0.1) is 0 Å². The van der Waals surface area contributed by atoms with E-state index in [1.807, 2.05) is 26.0 Å². The minimum atomic E-state index is -0.317. The van der Waals surface area contributed by atoms with Gasteiger partial charge in [0.1, 0.15) is 0 Å². The number of oxime groups is 1. The molecule has 0 atom stereocenters. The minimum absolute atomic E-state index is 0.140. The summed E-state index contributed by atoms with van der Waals surface area (Å²) >= 11 is 0. The summed E-state index contributed by atoms with van der Waals surface area (Å²) in [7, 11) is 0. The van der Waals surface area contributed by atoms with Gasteiger partial charge < -0.3 is 4.84 Å². The zero-order valence-electron chi connectivity index (χ0n) is 20.9. The molecule has 0 N–H and O–H groups in total. The largest absolute Gasteiger partial charge is 0.335 e. The lowest BCUT2D eigenvalue weighted by Gasteiger charge is -2.32. The molecule has 0 aliphatic heterocycles. The van der Waals surface area contributed by atoms with Gasteiger partial charge >= 0.3 is 5.97 Å². The molecule has 0 radical (unpaired) electrons. The SMILES string of the molecule is CCCCC(=O)ON=C(C)c1ccc2c(c1)C(CCCC)(CCCC)c1cc([N+](=O)[O-])ccc1-2. The predicted octanol–water partition coefficient (Wildman–Crippen LogP) is 7.70. The van der Waals surface area contributed by atoms with Crippen LogP contribution in [0.5, 0.6) is 0 Å². The van der Waals surface area contributed by atoms with Crippen molar-refractivity contribution in [3.8, 4) is 11.1 Å². The molecule has 6 nitrogen and oxygen atoms in total. The topological polar surface area (TPSA) is 81.8 Å². The van der Waals surface area contributed by atoms with Crippen LogP contribution in [0.2, 0.25) is 0 Å². The minimum Gasteiger partial charge on any atom is -0.318 e. The lowest BCUT2D eigenvalue weighted by molar-refractivity contribution is -0.384. The molecule has 0 fully saturated rings. The molecular weight excluding hydrogens is 428 g/mol. The van der Waals surface area contributed by atoms with Gasteiger partial charge in [0.05, 0.1) is 10.6 Å². The van der Waals surface area contributed by atoms with Gasteiger partial charge in [-0.1, -0.05) is 70.2 Å². The van der Waals surface area contributed by atoms with E-state index in [0.29, 0.717) is 12.1 Å². The maximum Gasteiger partial charge on any atom is 0.335 e. The number of nitrogens with zero attached hydrogens (tertiary/aromatic N) is 2. The second kappa shape index (κ2) is 11.4. The summed E-state index contributed by atoms with van der Waals surface area (Å²) in [6.07, 6.45) is 8.15. The third kappa shape index (κ3) is 5.21. The molecule has 0 saturated heterocycles. The average Bonchev–Trinajstić information content (AvgIpc) is 3.12. The van der Waals surface area contributed by atoms with Crippen molar-refractivity contribution in [1.82, 2.24) is 0 Å². The summed E-state index contributed by atoms with van der Waals surface area (Å²) < 4.78 is 0. The van der Waals surface area contributed by atoms with E-state index < -0.39 is 0 Å². The Bertz CT molecular complexity index is 1070. The second-order valence-corrected chi connectivity index (χ2v) is 9.28. The highest BCUT2D eigenvalue weighted by Crippen LogP contribution is 2.55. The molecule has 1 aliphatic rings. The molecule has 0 bridgehead atoms. The number of hydrogen-bond acceptors (Lipinski definition) is 5. The first-order chi connectivity index (χ1) is 16.4. The Morgan fingerprint density at radius 2 is 1.53 bits per heavy atom. The van der Waals surface area contributed by atoms with E-state index in [1.165, 1.54) is 5.56 Å². The Kier molecular flexibility index (Phi) is 8.59. The van der Waals surface area contributed by atoms with Crippen molar-refractivity contribution < 1.29 is 14.6 Å². The molecule has 0 aromatic heterocycles. The Morgan fingerprint density at radius 1 is 0.941 bits per heavy atom. The first kappa shape index (κ1) is 25.6. The van der Waals surface area contributed by atoms with Gasteiger partial charge in [-0.05, 0) is 66.1 Å². The number of unbranched alkanes of at least 4 members (excludes halogenated alkanes) is 3. The van der Waals surface area contributed by atoms with Crippen molar-refractivity contribution in [2.45, 2.75) is 90.9 Å². The average molecular weight is 465 g/mol. The van der Waals surface area contributed by atoms with Crippen LogP contribution < -0.4 is 0 Å². The maximum absolute atomic E-state index is 11.9. The quantitative estimate of drug-likeness (QED) is 0.139. The summed E-state index contributed by atoms with van der Waals surface area (Å²) in [4.78, 5) is 28.3. The number of nitro benzene ring substituents is 1. The molecule has 1 aliphatic carbocycles. The van der Waals surface area contributed by atoms with E-state index in [9.17, 15) is 14.9 Å². The summed E-state index contributed by atoms with van der Waals surface area (Å²) in [6.45, 7) is 8.24. The number of carbonyl (C=O) groups is 1. The van der Waals surface area contributed by atoms with E-state index in [1.54, 1.807) is 12.1 Å². The van der Waals surface area contributed by atoms with Crippen molar-refractivity contribution in [3.05, 3.63) is 63.2 Å². The highest BCUT2D eigenvalue weighted by Gasteiger charge is 2.43. The highest BCUT2D eigenvalue weighted by atomic mass is 16.7. The number of fused-ring (bicyclic) bond motifs is 3. The number of rotatable bonds is 12. The van der Waals surface area contributed by atoms with E-state index in [0.717, 1.165) is 73.6 Å². The predicted molar refractivity (Wildman–Crippen MR) is 136 cm³/mol. The van der Waals surface area contributed by atoms with Crippen LogP contribution in [0, 0.1) is 10.1 Å². The molecule has 3 rings (SSSR count). The third-order valence-electron chi connectivity index (χ3n) is 6.91. The summed E-state index contributed by atoms with van der Waals surface area (Å²) in [5.74, 6) is -0.317. The molecule has 0 amide bonds. The molecule has 182 valence electrons. The standard InChI is InChI=1S/C28H36N2O4/c1-5-8-11-27(31)34-29-20(4)21-12-14-23-24-15-13-22(30(32)33)19-26(24)28(16-9-6-2,17-10-7-3)25(23)18-21/h12-15,18-19H,5-11,16-17H2,1-4H3. The fourth-order valence-corrected chi connectivity index (χ4v) is 4.98. The number of nitro groups is 1. The summed E-state index contributed by atoms with van der Waals surface area (Å²) in [5.41, 5.74) is 5.91. The lowest BCUT2D eigenvalue weighted by atomic mass is 9.70. The molecule has 2 aromatic carbocycles. The van der Waals surface area contributed by atoms with Crippen LogP contribution in [0.1, 0.15) is 102 Å². The zero-order valence-corrected chi connectivity index (χ0v) is 20.9. The number of non-ortho nitro benzene ring substituents is 1. The van der Waals surface area contributed by atoms with E-state index in [-0.39, 0.29) is 22.0 Å². The van der Waals surface area contributed by atoms with Crippen LogP contribution in [0.25, 0.3) is 11.1 Å². The molecule has 2 aromatic rings. The smallest absolute Gasteiger partial charge is 0.318 e. The normalized spacial score (nSPS) is 13.9. The van der Waals surface area contributed by atoms with E-state index in [2.05, 4.69) is 31.1 Å². The molecule has 6 heteroatoms. The third-order valence-corrected chi connectivity index (χ3v) is 6.91. The van der Waals surface area contributed by atoms with Gasteiger partial charge in [-0.25, -0.2) is 4.79 Å². The number of hydrogen-bond donors (Lipinski definition) is 0. The Morgan fingerprint density at radius 3 is 2.12 bits per heavy atom. The van der Waals surface area contributed by atoms with Crippen molar-refractivity contribution in [1.29, 1.82) is 0 Å². The van der Waals surface area contributed by atoms with Crippen LogP contribution in [0.3, 0.4) is 0 Å². The maximum atomic E-state index is 11.9. The highest BCUT2D eigenvalue weighted by molar-refractivity contribution is 6.00. The van der Waals surface area contributed by atoms with Gasteiger partial charge in [-0.3, -0.25) is 10.1 Å². The fourth-order valence-electron chi connectivity index (χ4n) is 4.98. The molecule has 0 spiro atoms. The second-order valence-electron chi connectivity index (χ2n) is 9.28. The molecule has 0 saturated carbocycles. The van der Waals surface area contributed by atoms with Gasteiger partial charge in [0, 0.05) is 24.0 Å². The number of benzene rings is 2. The first-order valence-electron chi connectivity index (χ1n) is 12.6. The van der Waals surface area contributed by atoms with Crippen molar-refractivity contribution in [2.75, 3.05) is 0 Å². The van der Waals surface area contributed by atoms with Crippen LogP contribution in [0.4, 0.5) is 5.69 Å². The Hall–Kier alpha value is -3.02. The number of carbonyl (C=O) groups excluding carboxylic acids is 1. The lowest BCUT2D eigenvalue weighted by Crippen LogP contribution is -2.26. The van der Waals surface area contributed by atoms with Gasteiger partial charge in [0.25, 0.3) is 5.69 Å². The zero-order chi connectivity index (χ0) is 24.7. The first-order valence-corrected chi connectivity index (χ1v) is 12.6. The fraction of sp³-hybridized carbons (Fsp3) is 0.500. The van der Waals surface area contributed by atoms with Crippen LogP contribution in [-0.4, -0.2) is 16.6 Å². The van der Waals surface area contributed by atoms with Crippen molar-refractivity contribution in [3.63, 3.8) is 0 Å². The molecular formula is C28H36N2O4. The van der Waals surface area contributed by atoms with Gasteiger partial charge in [0.15, 0.2) is 0 Å². The Labute approximate surface area is 202 Å². The Balaban J connectivity index is 2.08. The van der Waals surface area contributed by atoms with Gasteiger partial charge in [0.2, 0.25) is 0 Å². The van der Waals surface area contributed by atoms with Crippen LogP contribution in [-0.2, 0) is 15.0 Å². The summed E-state index contributed by atoms with van der Waals surface area (Å²) in [5, 5.41) is 15.7. The summed E-state index contributed by atoms with van der Waals surface area (Å²) in [6, 6.07) is 11.5. The van der Waals surface area contributed by atoms with E-state index >= 15 is 0 Å². The van der Waals surface area contributed by atoms with Crippen LogP contribution >= 0.6 is 0 Å². The van der Waals surface area contributed by atoms with Crippen molar-refractivity contribution >= 4 is 17.4 Å². The molecule has 34 heavy (non-hydrogen) atoms. The molecule has 0 unspecified atom stereocenters. The van der Waals surface area contributed by atoms with Crippen molar-refractivity contribution in [2.24, 2.45) is 5.16 Å². The van der Waals surface area contributed by atoms with E-state index in [4.69, 9.17) is 4.84 Å². The van der Waals surface area contributed by atoms with Gasteiger partial charge in [-0.2, -0.15) is 0 Å². The monoisotopic (exact) mass is 464 g/mol.